The number of likely N-dealkylation sites (N-methyl/N-ethyl adjacent to an activating group) is 1. The van der Waals surface area contributed by atoms with Gasteiger partial charge in [0, 0.05) is 25.1 Å². The maximum absolute atomic E-state index is 13.6. The Morgan fingerprint density at radius 2 is 2.26 bits per heavy atom. The smallest absolute Gasteiger partial charge is 0.169 e. The first kappa shape index (κ1) is 14.2. The third-order valence-electron chi connectivity index (χ3n) is 3.68. The van der Waals surface area contributed by atoms with Crippen molar-refractivity contribution in [2.75, 3.05) is 26.8 Å². The van der Waals surface area contributed by atoms with Crippen LogP contribution in [-0.2, 0) is 4.74 Å². The molecule has 0 spiro atoms. The van der Waals surface area contributed by atoms with Crippen LogP contribution in [0.4, 0.5) is 4.39 Å². The van der Waals surface area contributed by atoms with E-state index in [0.717, 1.165) is 19.6 Å². The number of carbonyl (C=O) groups excluding carboxylic acids is 1. The van der Waals surface area contributed by atoms with Gasteiger partial charge in [-0.3, -0.25) is 4.79 Å². The fraction of sp³-hybridized carbons (Fsp3) is 0.533. The van der Waals surface area contributed by atoms with Crippen molar-refractivity contribution < 1.29 is 13.9 Å². The standard InChI is InChI=1S/C15H20FNO2/c1-11(9-17(2)12-7-8-19-10-12)15(18)13-5-3-4-6-14(13)16/h3-6,11-12H,7-10H2,1-2H3. The van der Waals surface area contributed by atoms with Gasteiger partial charge in [0.15, 0.2) is 5.78 Å². The summed E-state index contributed by atoms with van der Waals surface area (Å²) in [4.78, 5) is 14.4. The van der Waals surface area contributed by atoms with E-state index in [1.807, 2.05) is 14.0 Å². The van der Waals surface area contributed by atoms with Gasteiger partial charge in [-0.05, 0) is 25.6 Å². The Bertz CT molecular complexity index is 444. The second-order valence-corrected chi connectivity index (χ2v) is 5.20. The maximum Gasteiger partial charge on any atom is 0.169 e. The molecule has 2 rings (SSSR count). The molecule has 0 saturated carbocycles. The van der Waals surface area contributed by atoms with Gasteiger partial charge in [0.1, 0.15) is 5.82 Å². The number of benzene rings is 1. The van der Waals surface area contributed by atoms with Gasteiger partial charge in [-0.25, -0.2) is 4.39 Å². The molecule has 2 atom stereocenters. The van der Waals surface area contributed by atoms with E-state index in [2.05, 4.69) is 4.90 Å². The van der Waals surface area contributed by atoms with Crippen molar-refractivity contribution in [2.24, 2.45) is 5.92 Å². The zero-order valence-electron chi connectivity index (χ0n) is 11.4. The van der Waals surface area contributed by atoms with Gasteiger partial charge in [0.2, 0.25) is 0 Å². The van der Waals surface area contributed by atoms with Crippen LogP contribution in [0.2, 0.25) is 0 Å². The van der Waals surface area contributed by atoms with E-state index in [0.29, 0.717) is 12.6 Å². The lowest BCUT2D eigenvalue weighted by Crippen LogP contribution is -2.37. The first-order valence-corrected chi connectivity index (χ1v) is 6.66. The quantitative estimate of drug-likeness (QED) is 0.765. The maximum atomic E-state index is 13.6. The van der Waals surface area contributed by atoms with Crippen LogP contribution in [0.3, 0.4) is 0 Å². The molecule has 0 N–H and O–H groups in total. The average Bonchev–Trinajstić information content (AvgIpc) is 2.92. The summed E-state index contributed by atoms with van der Waals surface area (Å²) in [5, 5.41) is 0. The highest BCUT2D eigenvalue weighted by atomic mass is 19.1. The second kappa shape index (κ2) is 6.26. The summed E-state index contributed by atoms with van der Waals surface area (Å²) < 4.78 is 18.9. The number of nitrogens with zero attached hydrogens (tertiary/aromatic N) is 1. The highest BCUT2D eigenvalue weighted by Gasteiger charge is 2.25. The number of ether oxygens (including phenoxy) is 1. The molecule has 3 nitrogen and oxygen atoms in total. The van der Waals surface area contributed by atoms with Gasteiger partial charge in [-0.1, -0.05) is 19.1 Å². The molecule has 1 aliphatic heterocycles. The van der Waals surface area contributed by atoms with Crippen LogP contribution in [0.15, 0.2) is 24.3 Å². The molecule has 1 saturated heterocycles. The van der Waals surface area contributed by atoms with Crippen molar-refractivity contribution in [1.82, 2.24) is 4.90 Å². The van der Waals surface area contributed by atoms with Crippen LogP contribution >= 0.6 is 0 Å². The van der Waals surface area contributed by atoms with Gasteiger partial charge < -0.3 is 9.64 Å². The minimum Gasteiger partial charge on any atom is -0.380 e. The van der Waals surface area contributed by atoms with E-state index >= 15 is 0 Å². The summed E-state index contributed by atoms with van der Waals surface area (Å²) >= 11 is 0. The molecule has 4 heteroatoms. The molecule has 1 aromatic carbocycles. The Morgan fingerprint density at radius 1 is 1.53 bits per heavy atom. The summed E-state index contributed by atoms with van der Waals surface area (Å²) in [6.07, 6.45) is 0.997. The molecule has 0 aromatic heterocycles. The molecule has 1 heterocycles. The van der Waals surface area contributed by atoms with Crippen molar-refractivity contribution in [2.45, 2.75) is 19.4 Å². The number of halogens is 1. The number of ketones is 1. The molecule has 2 unspecified atom stereocenters. The molecule has 1 aliphatic rings. The predicted molar refractivity (Wildman–Crippen MR) is 71.7 cm³/mol. The Kier molecular flexibility index (Phi) is 4.66. The summed E-state index contributed by atoms with van der Waals surface area (Å²) in [7, 11) is 1.99. The Hall–Kier alpha value is -1.26. The SMILES string of the molecule is CC(CN(C)C1CCOC1)C(=O)c1ccccc1F. The van der Waals surface area contributed by atoms with Crippen LogP contribution in [0, 0.1) is 11.7 Å². The zero-order chi connectivity index (χ0) is 13.8. The van der Waals surface area contributed by atoms with Gasteiger partial charge in [-0.2, -0.15) is 0 Å². The number of rotatable bonds is 5. The van der Waals surface area contributed by atoms with Crippen LogP contribution in [-0.4, -0.2) is 43.5 Å². The van der Waals surface area contributed by atoms with Gasteiger partial charge in [0.05, 0.1) is 12.2 Å². The molecule has 1 fully saturated rings. The fourth-order valence-electron chi connectivity index (χ4n) is 2.46. The summed E-state index contributed by atoms with van der Waals surface area (Å²) in [5.41, 5.74) is 0.186. The predicted octanol–water partition coefficient (Wildman–Crippen LogP) is 2.37. The van der Waals surface area contributed by atoms with Crippen molar-refractivity contribution in [3.63, 3.8) is 0 Å². The van der Waals surface area contributed by atoms with Crippen LogP contribution in [0.1, 0.15) is 23.7 Å². The van der Waals surface area contributed by atoms with Crippen molar-refractivity contribution in [3.8, 4) is 0 Å². The topological polar surface area (TPSA) is 29.5 Å². The largest absolute Gasteiger partial charge is 0.380 e. The molecule has 19 heavy (non-hydrogen) atoms. The molecule has 0 radical (unpaired) electrons. The lowest BCUT2D eigenvalue weighted by atomic mass is 9.98. The van der Waals surface area contributed by atoms with Gasteiger partial charge in [-0.15, -0.1) is 0 Å². The van der Waals surface area contributed by atoms with Crippen molar-refractivity contribution >= 4 is 5.78 Å². The molecule has 0 aliphatic carbocycles. The lowest BCUT2D eigenvalue weighted by molar-refractivity contribution is 0.0873. The Labute approximate surface area is 113 Å². The van der Waals surface area contributed by atoms with Crippen LogP contribution in [0.5, 0.6) is 0 Å². The zero-order valence-corrected chi connectivity index (χ0v) is 11.4. The molecule has 1 aromatic rings. The third kappa shape index (κ3) is 3.39. The second-order valence-electron chi connectivity index (χ2n) is 5.20. The van der Waals surface area contributed by atoms with Crippen LogP contribution < -0.4 is 0 Å². The molecule has 0 bridgehead atoms. The van der Waals surface area contributed by atoms with Crippen molar-refractivity contribution in [3.05, 3.63) is 35.6 Å². The number of hydrogen-bond donors (Lipinski definition) is 0. The third-order valence-corrected chi connectivity index (χ3v) is 3.68. The van der Waals surface area contributed by atoms with Gasteiger partial charge >= 0.3 is 0 Å². The number of hydrogen-bond acceptors (Lipinski definition) is 3. The Balaban J connectivity index is 1.97. The molecular formula is C15H20FNO2. The summed E-state index contributed by atoms with van der Waals surface area (Å²) in [6, 6.07) is 6.54. The first-order valence-electron chi connectivity index (χ1n) is 6.66. The summed E-state index contributed by atoms with van der Waals surface area (Å²) in [6.45, 7) is 3.98. The van der Waals surface area contributed by atoms with E-state index in [1.165, 1.54) is 6.07 Å². The van der Waals surface area contributed by atoms with Gasteiger partial charge in [0.25, 0.3) is 0 Å². The van der Waals surface area contributed by atoms with E-state index in [4.69, 9.17) is 4.74 Å². The molecule has 0 amide bonds. The molecule has 104 valence electrons. The number of Topliss-reactive ketones (excluding diaryl/α,β-unsaturated/α-hetero) is 1. The van der Waals surface area contributed by atoms with Crippen LogP contribution in [0.25, 0.3) is 0 Å². The molecular weight excluding hydrogens is 245 g/mol. The Morgan fingerprint density at radius 3 is 2.89 bits per heavy atom. The van der Waals surface area contributed by atoms with E-state index in [9.17, 15) is 9.18 Å². The van der Waals surface area contributed by atoms with E-state index < -0.39 is 5.82 Å². The minimum absolute atomic E-state index is 0.135. The highest BCUT2D eigenvalue weighted by Crippen LogP contribution is 2.16. The summed E-state index contributed by atoms with van der Waals surface area (Å²) in [5.74, 6) is -0.794. The first-order chi connectivity index (χ1) is 9.09. The van der Waals surface area contributed by atoms with E-state index in [1.54, 1.807) is 18.2 Å². The van der Waals surface area contributed by atoms with Crippen molar-refractivity contribution in [1.29, 1.82) is 0 Å². The minimum atomic E-state index is -0.439. The highest BCUT2D eigenvalue weighted by molar-refractivity contribution is 5.98. The van der Waals surface area contributed by atoms with E-state index in [-0.39, 0.29) is 17.3 Å². The normalized spacial score (nSPS) is 20.7. The monoisotopic (exact) mass is 265 g/mol. The average molecular weight is 265 g/mol. The number of carbonyl (C=O) groups is 1. The lowest BCUT2D eigenvalue weighted by Gasteiger charge is -2.25. The fourth-order valence-corrected chi connectivity index (χ4v) is 2.46.